The van der Waals surface area contributed by atoms with E-state index in [-0.39, 0.29) is 22.5 Å². The Labute approximate surface area is 142 Å². The average Bonchev–Trinajstić information content (AvgIpc) is 3.14. The number of halogens is 3. The van der Waals surface area contributed by atoms with Gasteiger partial charge >= 0.3 is 6.18 Å². The molecule has 0 aromatic carbocycles. The third kappa shape index (κ3) is 3.14. The zero-order valence-corrected chi connectivity index (χ0v) is 13.9. The molecule has 0 atom stereocenters. The molecule has 132 valence electrons. The van der Waals surface area contributed by atoms with E-state index in [1.165, 1.54) is 24.1 Å². The highest BCUT2D eigenvalue weighted by molar-refractivity contribution is 7.09. The summed E-state index contributed by atoms with van der Waals surface area (Å²) < 4.78 is 39.2. The van der Waals surface area contributed by atoms with Gasteiger partial charge in [0.25, 0.3) is 5.91 Å². The van der Waals surface area contributed by atoms with Gasteiger partial charge in [0.2, 0.25) is 5.43 Å². The summed E-state index contributed by atoms with van der Waals surface area (Å²) in [6, 6.07) is 0. The summed E-state index contributed by atoms with van der Waals surface area (Å²) in [6.07, 6.45) is -1.91. The lowest BCUT2D eigenvalue weighted by Crippen LogP contribution is -2.30. The molecule has 3 aromatic rings. The van der Waals surface area contributed by atoms with Crippen molar-refractivity contribution in [1.82, 2.24) is 24.6 Å². The van der Waals surface area contributed by atoms with E-state index in [1.54, 1.807) is 7.05 Å². The van der Waals surface area contributed by atoms with E-state index in [0.717, 1.165) is 21.6 Å². The van der Waals surface area contributed by atoms with Gasteiger partial charge in [0.1, 0.15) is 16.2 Å². The number of hydrogen-bond acceptors (Lipinski definition) is 5. The Kier molecular flexibility index (Phi) is 4.11. The second-order valence-electron chi connectivity index (χ2n) is 5.35. The van der Waals surface area contributed by atoms with Crippen molar-refractivity contribution in [3.05, 3.63) is 44.3 Å². The zero-order valence-electron chi connectivity index (χ0n) is 13.1. The van der Waals surface area contributed by atoms with Gasteiger partial charge in [-0.3, -0.25) is 14.3 Å². The molecule has 0 spiro atoms. The molecule has 3 rings (SSSR count). The lowest BCUT2D eigenvalue weighted by molar-refractivity contribution is -0.140. The third-order valence-corrected chi connectivity index (χ3v) is 4.41. The van der Waals surface area contributed by atoms with Crippen LogP contribution in [0.1, 0.15) is 21.1 Å². The Balaban J connectivity index is 1.84. The Morgan fingerprint density at radius 3 is 2.80 bits per heavy atom. The molecule has 3 heterocycles. The van der Waals surface area contributed by atoms with Crippen molar-refractivity contribution in [2.45, 2.75) is 12.7 Å². The minimum absolute atomic E-state index is 0.115. The molecule has 1 amide bonds. The minimum atomic E-state index is -4.53. The molecule has 1 N–H and O–H groups in total. The minimum Gasteiger partial charge on any atom is -0.345 e. The number of fused-ring (bicyclic) bond motifs is 1. The maximum absolute atomic E-state index is 12.6. The predicted octanol–water partition coefficient (Wildman–Crippen LogP) is 2.01. The smallest absolute Gasteiger partial charge is 0.345 e. The van der Waals surface area contributed by atoms with Crippen LogP contribution in [0.25, 0.3) is 11.0 Å². The number of aromatic nitrogens is 4. The summed E-state index contributed by atoms with van der Waals surface area (Å²) in [7, 11) is 3.04. The number of alkyl halides is 3. The van der Waals surface area contributed by atoms with Crippen LogP contribution in [-0.4, -0.2) is 37.6 Å². The Morgan fingerprint density at radius 2 is 2.16 bits per heavy atom. The first-order valence-electron chi connectivity index (χ1n) is 6.99. The second-order valence-corrected chi connectivity index (χ2v) is 6.29. The van der Waals surface area contributed by atoms with Gasteiger partial charge in [0.05, 0.1) is 18.1 Å². The standard InChI is InChI=1S/C14H12F3N5O2S/c1-21(5-10-20-9(6-25-10)14(15,16)17)13(24)8-3-18-12-7(11(8)23)4-19-22(12)2/h3-4,6H,5H2,1-2H3,(H,18,23). The van der Waals surface area contributed by atoms with Crippen molar-refractivity contribution in [1.29, 1.82) is 0 Å². The van der Waals surface area contributed by atoms with Gasteiger partial charge < -0.3 is 9.88 Å². The average molecular weight is 371 g/mol. The third-order valence-electron chi connectivity index (χ3n) is 3.57. The van der Waals surface area contributed by atoms with Crippen molar-refractivity contribution < 1.29 is 18.0 Å². The zero-order chi connectivity index (χ0) is 18.4. The SMILES string of the molecule is CN(Cc1nc(C(F)(F)F)cs1)C(=O)c1c[nH]c2c(cnn2C)c1=O. The van der Waals surface area contributed by atoms with Gasteiger partial charge in [-0.05, 0) is 0 Å². The number of aromatic amines is 1. The number of pyridine rings is 1. The molecule has 0 aliphatic heterocycles. The lowest BCUT2D eigenvalue weighted by Gasteiger charge is -2.15. The molecule has 0 saturated carbocycles. The highest BCUT2D eigenvalue weighted by atomic mass is 32.1. The highest BCUT2D eigenvalue weighted by Crippen LogP contribution is 2.30. The van der Waals surface area contributed by atoms with Gasteiger partial charge in [0.15, 0.2) is 5.69 Å². The summed E-state index contributed by atoms with van der Waals surface area (Å²) in [5, 5.41) is 5.22. The monoisotopic (exact) mass is 371 g/mol. The molecule has 7 nitrogen and oxygen atoms in total. The molecule has 0 unspecified atom stereocenters. The summed E-state index contributed by atoms with van der Waals surface area (Å²) >= 11 is 0.803. The summed E-state index contributed by atoms with van der Waals surface area (Å²) in [4.78, 5) is 32.3. The van der Waals surface area contributed by atoms with Gasteiger partial charge in [-0.25, -0.2) is 4.98 Å². The largest absolute Gasteiger partial charge is 0.434 e. The number of hydrogen-bond donors (Lipinski definition) is 1. The molecule has 0 bridgehead atoms. The first-order valence-corrected chi connectivity index (χ1v) is 7.87. The van der Waals surface area contributed by atoms with Crippen LogP contribution >= 0.6 is 11.3 Å². The maximum Gasteiger partial charge on any atom is 0.434 e. The number of nitrogens with zero attached hydrogens (tertiary/aromatic N) is 4. The second kappa shape index (κ2) is 5.99. The van der Waals surface area contributed by atoms with Crippen molar-refractivity contribution in [2.75, 3.05) is 7.05 Å². The van der Waals surface area contributed by atoms with Gasteiger partial charge in [-0.15, -0.1) is 11.3 Å². The van der Waals surface area contributed by atoms with Crippen LogP contribution in [0.3, 0.4) is 0 Å². The van der Waals surface area contributed by atoms with Gasteiger partial charge in [-0.2, -0.15) is 18.3 Å². The fourth-order valence-corrected chi connectivity index (χ4v) is 3.13. The predicted molar refractivity (Wildman–Crippen MR) is 84.2 cm³/mol. The number of carbonyl (C=O) groups is 1. The first kappa shape index (κ1) is 17.1. The van der Waals surface area contributed by atoms with Crippen LogP contribution in [0, 0.1) is 0 Å². The molecule has 0 aliphatic carbocycles. The maximum atomic E-state index is 12.6. The lowest BCUT2D eigenvalue weighted by atomic mass is 10.2. The topological polar surface area (TPSA) is 83.9 Å². The van der Waals surface area contributed by atoms with E-state index >= 15 is 0 Å². The summed E-state index contributed by atoms with van der Waals surface area (Å²) in [6.45, 7) is -0.135. The van der Waals surface area contributed by atoms with Gasteiger partial charge in [0, 0.05) is 25.7 Å². The van der Waals surface area contributed by atoms with Crippen molar-refractivity contribution in [2.24, 2.45) is 7.05 Å². The van der Waals surface area contributed by atoms with Crippen LogP contribution in [0.15, 0.2) is 22.6 Å². The van der Waals surface area contributed by atoms with E-state index in [0.29, 0.717) is 5.65 Å². The molecule has 3 aromatic heterocycles. The summed E-state index contributed by atoms with van der Waals surface area (Å²) in [5.74, 6) is -0.615. The van der Waals surface area contributed by atoms with Crippen molar-refractivity contribution in [3.8, 4) is 0 Å². The number of amides is 1. The van der Waals surface area contributed by atoms with Crippen molar-refractivity contribution >= 4 is 28.3 Å². The molecule has 0 radical (unpaired) electrons. The van der Waals surface area contributed by atoms with E-state index in [4.69, 9.17) is 0 Å². The van der Waals surface area contributed by atoms with Crippen LogP contribution in [-0.2, 0) is 19.8 Å². The molecule has 25 heavy (non-hydrogen) atoms. The quantitative estimate of drug-likeness (QED) is 0.763. The first-order chi connectivity index (χ1) is 11.7. The number of H-pyrrole nitrogens is 1. The van der Waals surface area contributed by atoms with Crippen LogP contribution in [0.5, 0.6) is 0 Å². The normalized spacial score (nSPS) is 11.9. The Morgan fingerprint density at radius 1 is 1.44 bits per heavy atom. The molecule has 11 heteroatoms. The van der Waals surface area contributed by atoms with E-state index < -0.39 is 23.2 Å². The molecule has 0 aliphatic rings. The number of nitrogens with one attached hydrogen (secondary N) is 1. The Bertz CT molecular complexity index is 1000. The fourth-order valence-electron chi connectivity index (χ4n) is 2.28. The molecule has 0 fully saturated rings. The number of aryl methyl sites for hydroxylation is 1. The van der Waals surface area contributed by atoms with Gasteiger partial charge in [-0.1, -0.05) is 0 Å². The fraction of sp³-hybridized carbons (Fsp3) is 0.286. The van der Waals surface area contributed by atoms with E-state index in [1.807, 2.05) is 0 Å². The highest BCUT2D eigenvalue weighted by Gasteiger charge is 2.34. The molecular weight excluding hydrogens is 359 g/mol. The van der Waals surface area contributed by atoms with Crippen LogP contribution in [0.4, 0.5) is 13.2 Å². The van der Waals surface area contributed by atoms with Crippen LogP contribution in [0.2, 0.25) is 0 Å². The number of thiazole rings is 1. The summed E-state index contributed by atoms with van der Waals surface area (Å²) in [5.41, 5.74) is -1.13. The van der Waals surface area contributed by atoms with E-state index in [2.05, 4.69) is 15.1 Å². The van der Waals surface area contributed by atoms with E-state index in [9.17, 15) is 22.8 Å². The Hall–Kier alpha value is -2.69. The molecular formula is C14H12F3N5O2S. The number of carbonyl (C=O) groups excluding carboxylic acids is 1. The van der Waals surface area contributed by atoms with Crippen molar-refractivity contribution in [3.63, 3.8) is 0 Å². The van der Waals surface area contributed by atoms with Crippen LogP contribution < -0.4 is 5.43 Å². The number of rotatable bonds is 3. The molecule has 0 saturated heterocycles.